The molecule has 36 heavy (non-hydrogen) atoms. The molecule has 2 aliphatic heterocycles. The molecule has 0 aromatic carbocycles. The number of aliphatic hydroxyl groups is 4. The number of phosphoric ester groups is 2. The van der Waals surface area contributed by atoms with Gasteiger partial charge in [0.25, 0.3) is 13.4 Å². The van der Waals surface area contributed by atoms with Gasteiger partial charge in [-0.15, -0.1) is 0 Å². The molecule has 0 saturated carbocycles. The summed E-state index contributed by atoms with van der Waals surface area (Å²) >= 11 is 3.87. The van der Waals surface area contributed by atoms with Gasteiger partial charge in [0.1, 0.15) is 24.5 Å². The Kier molecular flexibility index (Phi) is 9.40. The molecule has 10 unspecified atom stereocenters. The molecule has 206 valence electrons. The van der Waals surface area contributed by atoms with Gasteiger partial charge in [-0.2, -0.15) is 12.6 Å². The summed E-state index contributed by atoms with van der Waals surface area (Å²) in [4.78, 5) is 47.5. The van der Waals surface area contributed by atoms with Gasteiger partial charge in [-0.05, 0) is 6.92 Å². The average molecular weight is 579 g/mol. The van der Waals surface area contributed by atoms with Crippen LogP contribution in [-0.4, -0.2) is 90.1 Å². The fraction of sp³-hybridized carbons (Fsp3) is 0.750. The van der Waals surface area contributed by atoms with Gasteiger partial charge in [-0.1, -0.05) is 0 Å². The van der Waals surface area contributed by atoms with Crippen LogP contribution in [0.25, 0.3) is 0 Å². The topological polar surface area (TPSA) is 259 Å². The number of H-pyrrole nitrogens is 1. The number of aromatic amines is 1. The van der Waals surface area contributed by atoms with E-state index in [0.29, 0.717) is 0 Å². The third kappa shape index (κ3) is 6.92. The maximum atomic E-state index is 12.2. The molecule has 3 rings (SSSR count). The molecule has 0 aliphatic carbocycles. The Morgan fingerprint density at radius 1 is 1.22 bits per heavy atom. The second-order valence-electron chi connectivity index (χ2n) is 8.01. The van der Waals surface area contributed by atoms with E-state index in [9.17, 15) is 43.8 Å². The van der Waals surface area contributed by atoms with Crippen LogP contribution in [0.1, 0.15) is 18.2 Å². The van der Waals surface area contributed by atoms with Gasteiger partial charge >= 0.3 is 13.5 Å². The summed E-state index contributed by atoms with van der Waals surface area (Å²) < 4.78 is 48.9. The second-order valence-corrected chi connectivity index (χ2v) is 11.6. The molecule has 0 bridgehead atoms. The Morgan fingerprint density at radius 3 is 2.53 bits per heavy atom. The van der Waals surface area contributed by atoms with Crippen LogP contribution in [0.15, 0.2) is 15.8 Å². The lowest BCUT2D eigenvalue weighted by Crippen LogP contribution is -2.57. The molecule has 2 saturated heterocycles. The fourth-order valence-electron chi connectivity index (χ4n) is 3.45. The zero-order valence-electron chi connectivity index (χ0n) is 18.4. The zero-order valence-corrected chi connectivity index (χ0v) is 21.1. The van der Waals surface area contributed by atoms with Gasteiger partial charge in [0.2, 0.25) is 0 Å². The highest BCUT2D eigenvalue weighted by Crippen LogP contribution is 2.59. The number of aliphatic hydroxyl groups excluding tert-OH is 4. The van der Waals surface area contributed by atoms with Crippen molar-refractivity contribution in [2.45, 2.75) is 61.6 Å². The monoisotopic (exact) mass is 579 g/mol. The Bertz CT molecular complexity index is 1140. The highest BCUT2D eigenvalue weighted by atomic mass is 32.1. The lowest BCUT2D eigenvalue weighted by atomic mass is 10.0. The SMILES string of the molecule is Cc1cn(C2CC(O)C(COP(=O)(O)OP(=O)([O-])OC3OC(CO)C(O)C(O)C3S)O2)c(=O)[nH]c1=O. The second kappa shape index (κ2) is 11.4. The van der Waals surface area contributed by atoms with Gasteiger partial charge in [-0.3, -0.25) is 28.0 Å². The van der Waals surface area contributed by atoms with Crippen molar-refractivity contribution in [2.24, 2.45) is 0 Å². The number of phosphoric acid groups is 2. The fourth-order valence-corrected chi connectivity index (χ4v) is 5.98. The number of nitrogens with zero attached hydrogens (tertiary/aromatic N) is 1. The summed E-state index contributed by atoms with van der Waals surface area (Å²) in [5, 5.41) is 37.5. The van der Waals surface area contributed by atoms with Crippen LogP contribution in [0.4, 0.5) is 0 Å². The van der Waals surface area contributed by atoms with Crippen molar-refractivity contribution >= 4 is 28.3 Å². The van der Waals surface area contributed by atoms with Crippen molar-refractivity contribution in [1.29, 1.82) is 0 Å². The molecular weight excluding hydrogens is 554 g/mol. The van der Waals surface area contributed by atoms with E-state index in [0.717, 1.165) is 4.57 Å². The number of ether oxygens (including phenoxy) is 2. The molecule has 2 fully saturated rings. The van der Waals surface area contributed by atoms with Crippen molar-refractivity contribution in [3.05, 3.63) is 32.6 Å². The lowest BCUT2D eigenvalue weighted by Gasteiger charge is -2.41. The maximum absolute atomic E-state index is 12.2. The molecule has 3 heterocycles. The Labute approximate surface area is 207 Å². The Morgan fingerprint density at radius 2 is 1.89 bits per heavy atom. The van der Waals surface area contributed by atoms with Crippen LogP contribution in [0.3, 0.4) is 0 Å². The molecule has 2 aliphatic rings. The summed E-state index contributed by atoms with van der Waals surface area (Å²) in [7, 11) is -11.1. The van der Waals surface area contributed by atoms with Crippen LogP contribution in [0, 0.1) is 6.92 Å². The average Bonchev–Trinajstić information content (AvgIpc) is 3.14. The van der Waals surface area contributed by atoms with Crippen molar-refractivity contribution in [3.8, 4) is 0 Å². The molecular formula is C16H25N2O15P2S-. The number of rotatable bonds is 9. The molecule has 6 N–H and O–H groups in total. The van der Waals surface area contributed by atoms with Crippen LogP contribution >= 0.6 is 28.3 Å². The van der Waals surface area contributed by atoms with Gasteiger partial charge < -0.3 is 39.7 Å². The third-order valence-corrected chi connectivity index (χ3v) is 8.46. The third-order valence-electron chi connectivity index (χ3n) is 5.35. The molecule has 1 aromatic rings. The number of hydrogen-bond donors (Lipinski definition) is 7. The van der Waals surface area contributed by atoms with E-state index in [1.807, 2.05) is 0 Å². The highest BCUT2D eigenvalue weighted by molar-refractivity contribution is 7.81. The predicted octanol–water partition coefficient (Wildman–Crippen LogP) is -3.15. The van der Waals surface area contributed by atoms with Gasteiger partial charge in [-0.25, -0.2) is 13.7 Å². The van der Waals surface area contributed by atoms with E-state index < -0.39 is 88.4 Å². The van der Waals surface area contributed by atoms with Crippen molar-refractivity contribution < 1.29 is 62.2 Å². The number of thiol groups is 1. The number of hydrogen-bond acceptors (Lipinski definition) is 15. The first kappa shape index (κ1) is 29.6. The quantitative estimate of drug-likeness (QED) is 0.113. The minimum atomic E-state index is -5.68. The van der Waals surface area contributed by atoms with Crippen LogP contribution in [-0.2, 0) is 32.0 Å². The van der Waals surface area contributed by atoms with Gasteiger partial charge in [0, 0.05) is 18.2 Å². The molecule has 1 aromatic heterocycles. The molecule has 10 atom stereocenters. The first-order valence-corrected chi connectivity index (χ1v) is 13.8. The lowest BCUT2D eigenvalue weighted by molar-refractivity contribution is -0.268. The Hall–Kier alpha value is -0.950. The maximum Gasteiger partial charge on any atom is 0.478 e. The molecule has 17 nitrogen and oxygen atoms in total. The van der Waals surface area contributed by atoms with E-state index in [4.69, 9.17) is 14.6 Å². The van der Waals surface area contributed by atoms with Crippen LogP contribution in [0.2, 0.25) is 0 Å². The van der Waals surface area contributed by atoms with E-state index in [-0.39, 0.29) is 12.0 Å². The number of nitrogens with one attached hydrogen (secondary N) is 1. The largest absolute Gasteiger partial charge is 0.756 e. The summed E-state index contributed by atoms with van der Waals surface area (Å²) in [5.41, 5.74) is -1.25. The standard InChI is InChI=1S/C16H26N2O15P2S/c1-6-3-18(16(24)17-14(6)23)10-2-7(20)9(30-10)5-29-34(25,26)33-35(27,28)32-15-13(36)12(22)11(21)8(4-19)31-15/h3,7-13,15,19-22,36H,2,4-5H2,1H3,(H,25,26)(H,27,28)(H,17,23,24)/p-1. The number of aryl methyl sites for hydroxylation is 1. The van der Waals surface area contributed by atoms with E-state index in [1.54, 1.807) is 0 Å². The smallest absolute Gasteiger partial charge is 0.478 e. The van der Waals surface area contributed by atoms with Crippen LogP contribution in [0.5, 0.6) is 0 Å². The minimum Gasteiger partial charge on any atom is -0.756 e. The van der Waals surface area contributed by atoms with Crippen LogP contribution < -0.4 is 16.1 Å². The minimum absolute atomic E-state index is 0.165. The van der Waals surface area contributed by atoms with E-state index in [1.165, 1.54) is 13.1 Å². The van der Waals surface area contributed by atoms with Crippen molar-refractivity contribution in [2.75, 3.05) is 13.2 Å². The highest BCUT2D eigenvalue weighted by Gasteiger charge is 2.45. The zero-order chi connectivity index (χ0) is 27.0. The summed E-state index contributed by atoms with van der Waals surface area (Å²) in [6.45, 7) is -0.237. The Balaban J connectivity index is 1.59. The molecule has 0 amide bonds. The van der Waals surface area contributed by atoms with Gasteiger partial charge in [0.15, 0.2) is 6.29 Å². The molecule has 0 spiro atoms. The summed E-state index contributed by atoms with van der Waals surface area (Å²) in [5.74, 6) is 0. The first-order chi connectivity index (χ1) is 16.6. The normalized spacial score (nSPS) is 36.3. The van der Waals surface area contributed by atoms with E-state index in [2.05, 4.69) is 31.0 Å². The summed E-state index contributed by atoms with van der Waals surface area (Å²) in [6, 6.07) is 0. The van der Waals surface area contributed by atoms with Crippen molar-refractivity contribution in [1.82, 2.24) is 9.55 Å². The van der Waals surface area contributed by atoms with Gasteiger partial charge in [0.05, 0.1) is 30.7 Å². The summed E-state index contributed by atoms with van der Waals surface area (Å²) in [6.07, 6.45) is -9.30. The molecule has 20 heteroatoms. The van der Waals surface area contributed by atoms with Crippen molar-refractivity contribution in [3.63, 3.8) is 0 Å². The molecule has 0 radical (unpaired) electrons. The number of aromatic nitrogens is 2. The first-order valence-electron chi connectivity index (χ1n) is 10.3. The predicted molar refractivity (Wildman–Crippen MR) is 117 cm³/mol. The van der Waals surface area contributed by atoms with E-state index >= 15 is 0 Å².